The van der Waals surface area contributed by atoms with Crippen molar-refractivity contribution in [1.82, 2.24) is 8.75 Å². The first-order valence-corrected chi connectivity index (χ1v) is 5.33. The first kappa shape index (κ1) is 10.7. The Kier molecular flexibility index (Phi) is 3.14. The lowest BCUT2D eigenvalue weighted by Gasteiger charge is -2.34. The minimum Gasteiger partial charge on any atom is -0.349 e. The van der Waals surface area contributed by atoms with E-state index < -0.39 is 0 Å². The van der Waals surface area contributed by atoms with Crippen LogP contribution in [0.1, 0.15) is 27.7 Å². The average Bonchev–Trinajstić information content (AvgIpc) is 2.35. The molecule has 0 aliphatic heterocycles. The van der Waals surface area contributed by atoms with E-state index in [1.165, 1.54) is 0 Å². The number of halogens is 1. The van der Waals surface area contributed by atoms with Gasteiger partial charge in [0.15, 0.2) is 11.0 Å². The number of hydrogen-bond donors (Lipinski definition) is 0. The first-order chi connectivity index (χ1) is 5.96. The van der Waals surface area contributed by atoms with E-state index in [1.54, 1.807) is 0 Å². The topological polar surface area (TPSA) is 29.0 Å². The smallest absolute Gasteiger partial charge is 0.187 e. The molecule has 1 aromatic rings. The van der Waals surface area contributed by atoms with Gasteiger partial charge in [-0.15, -0.1) is 0 Å². The van der Waals surface area contributed by atoms with Crippen LogP contribution in [0.4, 0.5) is 5.82 Å². The van der Waals surface area contributed by atoms with E-state index in [-0.39, 0.29) is 5.54 Å². The molecule has 0 saturated heterocycles. The lowest BCUT2D eigenvalue weighted by atomic mass is 10.1. The van der Waals surface area contributed by atoms with Gasteiger partial charge in [-0.1, -0.05) is 11.6 Å². The molecule has 0 amide bonds. The Balaban J connectivity index is 2.98. The van der Waals surface area contributed by atoms with Gasteiger partial charge in [-0.05, 0) is 27.7 Å². The summed E-state index contributed by atoms with van der Waals surface area (Å²) in [6.07, 6.45) is 0. The quantitative estimate of drug-likeness (QED) is 0.766. The molecule has 74 valence electrons. The maximum absolute atomic E-state index is 5.91. The Hall–Kier alpha value is -0.350. The van der Waals surface area contributed by atoms with Crippen LogP contribution in [0.15, 0.2) is 0 Å². The lowest BCUT2D eigenvalue weighted by Crippen LogP contribution is -2.41. The molecule has 3 nitrogen and oxygen atoms in total. The molecule has 0 N–H and O–H groups in total. The summed E-state index contributed by atoms with van der Waals surface area (Å²) < 4.78 is 8.13. The molecule has 0 aliphatic rings. The zero-order valence-electron chi connectivity index (χ0n) is 8.33. The summed E-state index contributed by atoms with van der Waals surface area (Å²) in [4.78, 5) is 2.14. The zero-order chi connectivity index (χ0) is 10.1. The molecule has 1 heterocycles. The first-order valence-electron chi connectivity index (χ1n) is 4.22. The van der Waals surface area contributed by atoms with Gasteiger partial charge in [0.2, 0.25) is 0 Å². The molecule has 0 unspecified atom stereocenters. The van der Waals surface area contributed by atoms with Crippen LogP contribution in [-0.2, 0) is 0 Å². The van der Waals surface area contributed by atoms with Gasteiger partial charge in [0.1, 0.15) is 0 Å². The Morgan fingerprint density at radius 2 is 2.00 bits per heavy atom. The lowest BCUT2D eigenvalue weighted by molar-refractivity contribution is 0.510. The van der Waals surface area contributed by atoms with Crippen molar-refractivity contribution < 1.29 is 0 Å². The van der Waals surface area contributed by atoms with Crippen molar-refractivity contribution in [3.05, 3.63) is 5.15 Å². The molecule has 1 rings (SSSR count). The number of rotatable bonds is 2. The van der Waals surface area contributed by atoms with E-state index in [1.807, 2.05) is 0 Å². The number of hydrogen-bond acceptors (Lipinski definition) is 4. The highest BCUT2D eigenvalue weighted by Crippen LogP contribution is 2.28. The third-order valence-electron chi connectivity index (χ3n) is 1.81. The van der Waals surface area contributed by atoms with Gasteiger partial charge in [-0.25, -0.2) is 0 Å². The fourth-order valence-corrected chi connectivity index (χ4v) is 2.02. The van der Waals surface area contributed by atoms with Crippen LogP contribution in [0.3, 0.4) is 0 Å². The molecule has 0 radical (unpaired) electrons. The normalized spacial score (nSPS) is 11.8. The van der Waals surface area contributed by atoms with E-state index >= 15 is 0 Å². The summed E-state index contributed by atoms with van der Waals surface area (Å²) in [6, 6.07) is 0. The predicted molar refractivity (Wildman–Crippen MR) is 57.7 cm³/mol. The molecule has 0 saturated carbocycles. The second kappa shape index (κ2) is 3.80. The molecule has 0 aromatic carbocycles. The van der Waals surface area contributed by atoms with Crippen LogP contribution >= 0.6 is 23.3 Å². The fraction of sp³-hybridized carbons (Fsp3) is 0.750. The fourth-order valence-electron chi connectivity index (χ4n) is 1.28. The molecule has 0 spiro atoms. The SMILES string of the molecule is CCN(c1nsnc1Cl)C(C)(C)C. The van der Waals surface area contributed by atoms with Gasteiger partial charge in [0.05, 0.1) is 11.7 Å². The minimum atomic E-state index is 0.0359. The van der Waals surface area contributed by atoms with Gasteiger partial charge in [-0.3, -0.25) is 0 Å². The standard InChI is InChI=1S/C8H14ClN3S/c1-5-12(8(2,3)4)7-6(9)10-13-11-7/h5H2,1-4H3. The number of anilines is 1. The minimum absolute atomic E-state index is 0.0359. The van der Waals surface area contributed by atoms with Gasteiger partial charge < -0.3 is 4.90 Å². The molecule has 1 aromatic heterocycles. The van der Waals surface area contributed by atoms with Gasteiger partial charge >= 0.3 is 0 Å². The van der Waals surface area contributed by atoms with Crippen LogP contribution in [-0.4, -0.2) is 20.8 Å². The summed E-state index contributed by atoms with van der Waals surface area (Å²) in [5.41, 5.74) is 0.0359. The summed E-state index contributed by atoms with van der Waals surface area (Å²) in [5, 5.41) is 0.502. The van der Waals surface area contributed by atoms with E-state index in [9.17, 15) is 0 Å². The maximum atomic E-state index is 5.91. The van der Waals surface area contributed by atoms with E-state index in [4.69, 9.17) is 11.6 Å². The Morgan fingerprint density at radius 3 is 2.31 bits per heavy atom. The Labute approximate surface area is 88.0 Å². The van der Waals surface area contributed by atoms with Crippen molar-refractivity contribution in [2.45, 2.75) is 33.2 Å². The summed E-state index contributed by atoms with van der Waals surface area (Å²) in [6.45, 7) is 9.36. The molecule has 13 heavy (non-hydrogen) atoms. The summed E-state index contributed by atoms with van der Waals surface area (Å²) >= 11 is 7.07. The van der Waals surface area contributed by atoms with E-state index in [0.29, 0.717) is 5.15 Å². The van der Waals surface area contributed by atoms with Crippen molar-refractivity contribution >= 4 is 29.1 Å². The number of aromatic nitrogens is 2. The van der Waals surface area contributed by atoms with Crippen molar-refractivity contribution in [1.29, 1.82) is 0 Å². The monoisotopic (exact) mass is 219 g/mol. The molecular formula is C8H14ClN3S. The van der Waals surface area contributed by atoms with Crippen LogP contribution in [0.5, 0.6) is 0 Å². The third kappa shape index (κ3) is 2.31. The molecule has 0 atom stereocenters. The largest absolute Gasteiger partial charge is 0.349 e. The van der Waals surface area contributed by atoms with Crippen molar-refractivity contribution in [3.63, 3.8) is 0 Å². The molecule has 0 fully saturated rings. The maximum Gasteiger partial charge on any atom is 0.187 e. The van der Waals surface area contributed by atoms with E-state index in [2.05, 4.69) is 41.3 Å². The highest BCUT2D eigenvalue weighted by atomic mass is 35.5. The van der Waals surface area contributed by atoms with Crippen molar-refractivity contribution in [2.24, 2.45) is 0 Å². The van der Waals surface area contributed by atoms with E-state index in [0.717, 1.165) is 24.1 Å². The molecule has 5 heteroatoms. The second-order valence-corrected chi connectivity index (χ2v) is 4.68. The molecular weight excluding hydrogens is 206 g/mol. The Bertz CT molecular complexity index is 279. The second-order valence-electron chi connectivity index (χ2n) is 3.79. The van der Waals surface area contributed by atoms with Crippen LogP contribution < -0.4 is 4.90 Å². The highest BCUT2D eigenvalue weighted by molar-refractivity contribution is 6.99. The van der Waals surface area contributed by atoms with Crippen molar-refractivity contribution in [2.75, 3.05) is 11.4 Å². The van der Waals surface area contributed by atoms with Gasteiger partial charge in [0.25, 0.3) is 0 Å². The summed E-state index contributed by atoms with van der Waals surface area (Å²) in [5.74, 6) is 0.793. The van der Waals surface area contributed by atoms with Gasteiger partial charge in [0, 0.05) is 12.1 Å². The zero-order valence-corrected chi connectivity index (χ0v) is 9.91. The highest BCUT2D eigenvalue weighted by Gasteiger charge is 2.24. The predicted octanol–water partition coefficient (Wildman–Crippen LogP) is 2.82. The third-order valence-corrected chi connectivity index (χ3v) is 2.69. The Morgan fingerprint density at radius 1 is 1.38 bits per heavy atom. The molecule has 0 bridgehead atoms. The van der Waals surface area contributed by atoms with Crippen molar-refractivity contribution in [3.8, 4) is 0 Å². The van der Waals surface area contributed by atoms with Gasteiger partial charge in [-0.2, -0.15) is 8.75 Å². The van der Waals surface area contributed by atoms with Crippen LogP contribution in [0.2, 0.25) is 5.15 Å². The van der Waals surface area contributed by atoms with Crippen LogP contribution in [0.25, 0.3) is 0 Å². The summed E-state index contributed by atoms with van der Waals surface area (Å²) in [7, 11) is 0. The average molecular weight is 220 g/mol. The van der Waals surface area contributed by atoms with Crippen LogP contribution in [0, 0.1) is 0 Å². The molecule has 0 aliphatic carbocycles. The number of nitrogens with zero attached hydrogens (tertiary/aromatic N) is 3.